The van der Waals surface area contributed by atoms with Crippen LogP contribution in [0.1, 0.15) is 17.0 Å². The summed E-state index contributed by atoms with van der Waals surface area (Å²) in [6.45, 7) is 4.68. The Morgan fingerprint density at radius 1 is 1.06 bits per heavy atom. The van der Waals surface area contributed by atoms with Crippen LogP contribution in [-0.4, -0.2) is 17.0 Å². The third kappa shape index (κ3) is 2.54. The average molecular weight is 245 g/mol. The van der Waals surface area contributed by atoms with E-state index in [9.17, 15) is 4.39 Å². The SMILES string of the molecule is CNCc1c(C)nc(-c2ccc(F)cc2)nc1C. The highest BCUT2D eigenvalue weighted by Crippen LogP contribution is 2.19. The highest BCUT2D eigenvalue weighted by molar-refractivity contribution is 5.55. The molecule has 1 N–H and O–H groups in total. The summed E-state index contributed by atoms with van der Waals surface area (Å²) < 4.78 is 12.9. The van der Waals surface area contributed by atoms with Gasteiger partial charge in [-0.3, -0.25) is 0 Å². The first-order chi connectivity index (χ1) is 8.61. The first-order valence-electron chi connectivity index (χ1n) is 5.86. The van der Waals surface area contributed by atoms with Crippen molar-refractivity contribution in [3.8, 4) is 11.4 Å². The minimum absolute atomic E-state index is 0.251. The van der Waals surface area contributed by atoms with Crippen molar-refractivity contribution in [3.05, 3.63) is 47.0 Å². The highest BCUT2D eigenvalue weighted by Gasteiger charge is 2.09. The van der Waals surface area contributed by atoms with Gasteiger partial charge in [-0.25, -0.2) is 14.4 Å². The van der Waals surface area contributed by atoms with Gasteiger partial charge in [0.15, 0.2) is 5.82 Å². The van der Waals surface area contributed by atoms with Crippen molar-refractivity contribution in [2.75, 3.05) is 7.05 Å². The van der Waals surface area contributed by atoms with Crippen LogP contribution in [0.5, 0.6) is 0 Å². The number of halogens is 1. The van der Waals surface area contributed by atoms with Crippen LogP contribution in [0.25, 0.3) is 11.4 Å². The van der Waals surface area contributed by atoms with Crippen LogP contribution < -0.4 is 5.32 Å². The maximum atomic E-state index is 12.9. The molecule has 1 aromatic heterocycles. The van der Waals surface area contributed by atoms with Gasteiger partial charge in [0, 0.05) is 29.1 Å². The molecule has 94 valence electrons. The zero-order chi connectivity index (χ0) is 13.1. The van der Waals surface area contributed by atoms with Crippen LogP contribution in [0.4, 0.5) is 4.39 Å². The van der Waals surface area contributed by atoms with Crippen molar-refractivity contribution < 1.29 is 4.39 Å². The quantitative estimate of drug-likeness (QED) is 0.903. The van der Waals surface area contributed by atoms with E-state index in [1.807, 2.05) is 20.9 Å². The largest absolute Gasteiger partial charge is 0.316 e. The summed E-state index contributed by atoms with van der Waals surface area (Å²) in [7, 11) is 1.90. The number of hydrogen-bond donors (Lipinski definition) is 1. The number of hydrogen-bond acceptors (Lipinski definition) is 3. The molecule has 18 heavy (non-hydrogen) atoms. The molecular formula is C14H16FN3. The lowest BCUT2D eigenvalue weighted by molar-refractivity contribution is 0.628. The molecule has 0 aliphatic carbocycles. The molecular weight excluding hydrogens is 229 g/mol. The summed E-state index contributed by atoms with van der Waals surface area (Å²) in [5.74, 6) is 0.392. The van der Waals surface area contributed by atoms with Crippen LogP contribution in [0, 0.1) is 19.7 Å². The van der Waals surface area contributed by atoms with Gasteiger partial charge in [-0.1, -0.05) is 0 Å². The van der Waals surface area contributed by atoms with E-state index in [4.69, 9.17) is 0 Å². The molecule has 4 heteroatoms. The molecule has 0 aliphatic heterocycles. The van der Waals surface area contributed by atoms with Crippen molar-refractivity contribution in [1.82, 2.24) is 15.3 Å². The van der Waals surface area contributed by atoms with Crippen LogP contribution >= 0.6 is 0 Å². The molecule has 0 bridgehead atoms. The molecule has 2 rings (SSSR count). The van der Waals surface area contributed by atoms with E-state index in [-0.39, 0.29) is 5.82 Å². The van der Waals surface area contributed by atoms with Crippen LogP contribution in [0.15, 0.2) is 24.3 Å². The number of aryl methyl sites for hydroxylation is 2. The van der Waals surface area contributed by atoms with E-state index in [2.05, 4.69) is 15.3 Å². The zero-order valence-corrected chi connectivity index (χ0v) is 10.8. The first-order valence-corrected chi connectivity index (χ1v) is 5.86. The van der Waals surface area contributed by atoms with Gasteiger partial charge in [0.05, 0.1) is 0 Å². The molecule has 0 fully saturated rings. The molecule has 0 saturated carbocycles. The van der Waals surface area contributed by atoms with Crippen molar-refractivity contribution in [3.63, 3.8) is 0 Å². The molecule has 0 spiro atoms. The van der Waals surface area contributed by atoms with Crippen LogP contribution in [0.2, 0.25) is 0 Å². The molecule has 1 heterocycles. The standard InChI is InChI=1S/C14H16FN3/c1-9-13(8-16-3)10(2)18-14(17-9)11-4-6-12(15)7-5-11/h4-7,16H,8H2,1-3H3. The minimum Gasteiger partial charge on any atom is -0.316 e. The zero-order valence-electron chi connectivity index (χ0n) is 10.8. The Bertz CT molecular complexity index is 526. The molecule has 0 saturated heterocycles. The van der Waals surface area contributed by atoms with E-state index in [0.717, 1.165) is 29.1 Å². The Hall–Kier alpha value is -1.81. The van der Waals surface area contributed by atoms with Crippen LogP contribution in [0.3, 0.4) is 0 Å². The average Bonchev–Trinajstić information content (AvgIpc) is 2.34. The highest BCUT2D eigenvalue weighted by atomic mass is 19.1. The van der Waals surface area contributed by atoms with Crippen molar-refractivity contribution in [2.24, 2.45) is 0 Å². The van der Waals surface area contributed by atoms with Gasteiger partial charge in [0.25, 0.3) is 0 Å². The summed E-state index contributed by atoms with van der Waals surface area (Å²) in [5, 5.41) is 3.10. The van der Waals surface area contributed by atoms with Crippen molar-refractivity contribution in [2.45, 2.75) is 20.4 Å². The van der Waals surface area contributed by atoms with E-state index < -0.39 is 0 Å². The van der Waals surface area contributed by atoms with Crippen molar-refractivity contribution in [1.29, 1.82) is 0 Å². The second kappa shape index (κ2) is 5.23. The summed E-state index contributed by atoms with van der Waals surface area (Å²) in [6, 6.07) is 6.23. The fraction of sp³-hybridized carbons (Fsp3) is 0.286. The first kappa shape index (κ1) is 12.6. The van der Waals surface area contributed by atoms with Gasteiger partial charge in [0.2, 0.25) is 0 Å². The number of nitrogens with zero attached hydrogens (tertiary/aromatic N) is 2. The van der Waals surface area contributed by atoms with E-state index in [0.29, 0.717) is 5.82 Å². The predicted octanol–water partition coefficient (Wildman–Crippen LogP) is 2.62. The number of nitrogens with one attached hydrogen (secondary N) is 1. The Morgan fingerprint density at radius 3 is 2.11 bits per heavy atom. The number of benzene rings is 1. The maximum Gasteiger partial charge on any atom is 0.159 e. The van der Waals surface area contributed by atoms with Gasteiger partial charge in [-0.2, -0.15) is 0 Å². The lowest BCUT2D eigenvalue weighted by Gasteiger charge is -2.10. The fourth-order valence-electron chi connectivity index (χ4n) is 1.90. The molecule has 0 amide bonds. The number of rotatable bonds is 3. The van der Waals surface area contributed by atoms with E-state index in [1.165, 1.54) is 12.1 Å². The second-order valence-electron chi connectivity index (χ2n) is 4.23. The van der Waals surface area contributed by atoms with Gasteiger partial charge >= 0.3 is 0 Å². The lowest BCUT2D eigenvalue weighted by atomic mass is 10.1. The minimum atomic E-state index is -0.251. The number of aromatic nitrogens is 2. The van der Waals surface area contributed by atoms with E-state index >= 15 is 0 Å². The summed E-state index contributed by atoms with van der Waals surface area (Å²) >= 11 is 0. The summed E-state index contributed by atoms with van der Waals surface area (Å²) in [5.41, 5.74) is 3.86. The molecule has 3 nitrogen and oxygen atoms in total. The topological polar surface area (TPSA) is 37.8 Å². The Balaban J connectivity index is 2.44. The van der Waals surface area contributed by atoms with Gasteiger partial charge in [-0.05, 0) is 45.2 Å². The third-order valence-electron chi connectivity index (χ3n) is 2.88. The fourth-order valence-corrected chi connectivity index (χ4v) is 1.90. The normalized spacial score (nSPS) is 10.7. The molecule has 0 unspecified atom stereocenters. The Morgan fingerprint density at radius 2 is 1.61 bits per heavy atom. The van der Waals surface area contributed by atoms with Gasteiger partial charge in [0.1, 0.15) is 5.82 Å². The van der Waals surface area contributed by atoms with Crippen LogP contribution in [-0.2, 0) is 6.54 Å². The smallest absolute Gasteiger partial charge is 0.159 e. The van der Waals surface area contributed by atoms with E-state index in [1.54, 1.807) is 12.1 Å². The summed E-state index contributed by atoms with van der Waals surface area (Å²) in [4.78, 5) is 8.96. The Kier molecular flexibility index (Phi) is 3.67. The molecule has 1 aromatic carbocycles. The van der Waals surface area contributed by atoms with Gasteiger partial charge in [-0.15, -0.1) is 0 Å². The van der Waals surface area contributed by atoms with Gasteiger partial charge < -0.3 is 5.32 Å². The predicted molar refractivity (Wildman–Crippen MR) is 69.7 cm³/mol. The second-order valence-corrected chi connectivity index (χ2v) is 4.23. The summed E-state index contributed by atoms with van der Waals surface area (Å²) in [6.07, 6.45) is 0. The van der Waals surface area contributed by atoms with Crippen molar-refractivity contribution >= 4 is 0 Å². The molecule has 0 radical (unpaired) electrons. The molecule has 2 aromatic rings. The molecule has 0 aliphatic rings. The third-order valence-corrected chi connectivity index (χ3v) is 2.88. The Labute approximate surface area is 106 Å². The lowest BCUT2D eigenvalue weighted by Crippen LogP contribution is -2.11. The maximum absolute atomic E-state index is 12.9. The monoisotopic (exact) mass is 245 g/mol. The molecule has 0 atom stereocenters.